The van der Waals surface area contributed by atoms with Crippen LogP contribution in [-0.4, -0.2) is 39.7 Å². The van der Waals surface area contributed by atoms with Crippen molar-refractivity contribution in [3.63, 3.8) is 0 Å². The molecule has 0 atom stereocenters. The smallest absolute Gasteiger partial charge is 0.255 e. The number of hydrogen-bond donors (Lipinski definition) is 3. The van der Waals surface area contributed by atoms with Gasteiger partial charge in [-0.2, -0.15) is 0 Å². The van der Waals surface area contributed by atoms with Crippen molar-refractivity contribution in [3.8, 4) is 0 Å². The molecule has 1 fully saturated rings. The highest BCUT2D eigenvalue weighted by molar-refractivity contribution is 6.10. The summed E-state index contributed by atoms with van der Waals surface area (Å²) in [6.45, 7) is 4.31. The monoisotopic (exact) mass is 304 g/mol. The maximum absolute atomic E-state index is 12.4. The molecule has 0 aromatic carbocycles. The van der Waals surface area contributed by atoms with Crippen molar-refractivity contribution in [2.45, 2.75) is 38.6 Å². The molecule has 0 unspecified atom stereocenters. The van der Waals surface area contributed by atoms with Crippen molar-refractivity contribution in [1.82, 2.24) is 15.3 Å². The van der Waals surface area contributed by atoms with Crippen molar-refractivity contribution in [1.29, 1.82) is 0 Å². The maximum atomic E-state index is 12.4. The molecular formula is C15H20N4O3. The number of furan rings is 1. The Hall–Kier alpha value is -2.15. The Morgan fingerprint density at radius 1 is 1.45 bits per heavy atom. The van der Waals surface area contributed by atoms with Gasteiger partial charge < -0.3 is 20.2 Å². The molecule has 2 aromatic rings. The molecule has 0 saturated heterocycles. The molecule has 3 rings (SSSR count). The lowest BCUT2D eigenvalue weighted by atomic mass is 10.1. The fourth-order valence-electron chi connectivity index (χ4n) is 2.38. The minimum Gasteiger partial charge on any atom is -0.442 e. The molecule has 2 aromatic heterocycles. The zero-order valence-electron chi connectivity index (χ0n) is 12.8. The standard InChI is InChI=1S/C15H20N4O3/c1-9-10(13(21)16-6-3-7-20)11-12(19-15(2)4-5-15)17-8-18-14(11)22-9/h8,20H,3-7H2,1-2H3,(H,16,21)(H,17,18,19). The summed E-state index contributed by atoms with van der Waals surface area (Å²) in [6.07, 6.45) is 4.10. The summed E-state index contributed by atoms with van der Waals surface area (Å²) in [5.74, 6) is 0.915. The fraction of sp³-hybridized carbons (Fsp3) is 0.533. The van der Waals surface area contributed by atoms with E-state index in [0.717, 1.165) is 12.8 Å². The first kappa shape index (κ1) is 14.8. The zero-order chi connectivity index (χ0) is 15.7. The van der Waals surface area contributed by atoms with Gasteiger partial charge in [0.2, 0.25) is 5.71 Å². The number of aryl methyl sites for hydroxylation is 1. The molecule has 22 heavy (non-hydrogen) atoms. The Bertz CT molecular complexity index is 706. The molecule has 7 nitrogen and oxygen atoms in total. The minimum absolute atomic E-state index is 0.0388. The molecule has 1 aliphatic carbocycles. The first-order chi connectivity index (χ1) is 10.5. The Morgan fingerprint density at radius 3 is 2.91 bits per heavy atom. The summed E-state index contributed by atoms with van der Waals surface area (Å²) >= 11 is 0. The van der Waals surface area contributed by atoms with Crippen LogP contribution >= 0.6 is 0 Å². The van der Waals surface area contributed by atoms with Gasteiger partial charge >= 0.3 is 0 Å². The van der Waals surface area contributed by atoms with Crippen molar-refractivity contribution < 1.29 is 14.3 Å². The van der Waals surface area contributed by atoms with Gasteiger partial charge in [0, 0.05) is 18.7 Å². The first-order valence-corrected chi connectivity index (χ1v) is 7.45. The van der Waals surface area contributed by atoms with Gasteiger partial charge in [0.15, 0.2) is 0 Å². The van der Waals surface area contributed by atoms with E-state index in [1.807, 2.05) is 0 Å². The summed E-state index contributed by atoms with van der Waals surface area (Å²) < 4.78 is 5.60. The summed E-state index contributed by atoms with van der Waals surface area (Å²) in [5, 5.41) is 15.6. The Morgan fingerprint density at radius 2 is 2.23 bits per heavy atom. The topological polar surface area (TPSA) is 100 Å². The van der Waals surface area contributed by atoms with Gasteiger partial charge in [-0.3, -0.25) is 4.79 Å². The molecular weight excluding hydrogens is 284 g/mol. The number of carbonyl (C=O) groups excluding carboxylic acids is 1. The van der Waals surface area contributed by atoms with Gasteiger partial charge in [-0.15, -0.1) is 0 Å². The van der Waals surface area contributed by atoms with Gasteiger partial charge in [0.1, 0.15) is 17.9 Å². The Balaban J connectivity index is 1.97. The van der Waals surface area contributed by atoms with E-state index in [1.54, 1.807) is 6.92 Å². The highest BCUT2D eigenvalue weighted by Gasteiger charge is 2.38. The number of hydrogen-bond acceptors (Lipinski definition) is 6. The molecule has 7 heteroatoms. The van der Waals surface area contributed by atoms with Crippen molar-refractivity contribution >= 4 is 22.8 Å². The van der Waals surface area contributed by atoms with E-state index < -0.39 is 0 Å². The average Bonchev–Trinajstić information content (AvgIpc) is 3.08. The van der Waals surface area contributed by atoms with Crippen LogP contribution in [-0.2, 0) is 0 Å². The number of anilines is 1. The average molecular weight is 304 g/mol. The molecule has 2 heterocycles. The van der Waals surface area contributed by atoms with Gasteiger partial charge in [0.05, 0.1) is 10.9 Å². The van der Waals surface area contributed by atoms with Crippen LogP contribution in [0.4, 0.5) is 5.82 Å². The number of fused-ring (bicyclic) bond motifs is 1. The van der Waals surface area contributed by atoms with Crippen molar-refractivity contribution in [3.05, 3.63) is 17.7 Å². The molecule has 0 radical (unpaired) electrons. The number of nitrogens with zero attached hydrogens (tertiary/aromatic N) is 2. The van der Waals surface area contributed by atoms with Crippen LogP contribution in [0.3, 0.4) is 0 Å². The second kappa shape index (κ2) is 5.57. The van der Waals surface area contributed by atoms with Gasteiger partial charge in [0.25, 0.3) is 5.91 Å². The SMILES string of the molecule is Cc1oc2ncnc(NC3(C)CC3)c2c1C(=O)NCCCO. The minimum atomic E-state index is -0.233. The Labute approximate surface area is 128 Å². The number of aliphatic hydroxyl groups excluding tert-OH is 1. The summed E-state index contributed by atoms with van der Waals surface area (Å²) in [7, 11) is 0. The Kier molecular flexibility index (Phi) is 3.74. The molecule has 0 aliphatic heterocycles. The summed E-state index contributed by atoms with van der Waals surface area (Å²) in [5.41, 5.74) is 0.906. The number of nitrogens with one attached hydrogen (secondary N) is 2. The van der Waals surface area contributed by atoms with E-state index >= 15 is 0 Å². The molecule has 0 spiro atoms. The molecule has 118 valence electrons. The lowest BCUT2D eigenvalue weighted by Crippen LogP contribution is -2.26. The van der Waals surface area contributed by atoms with Crippen molar-refractivity contribution in [2.75, 3.05) is 18.5 Å². The molecule has 1 saturated carbocycles. The van der Waals surface area contributed by atoms with E-state index in [4.69, 9.17) is 9.52 Å². The molecule has 0 bridgehead atoms. The predicted molar refractivity (Wildman–Crippen MR) is 81.8 cm³/mol. The second-order valence-corrected chi connectivity index (χ2v) is 5.95. The van der Waals surface area contributed by atoms with E-state index in [9.17, 15) is 4.79 Å². The van der Waals surface area contributed by atoms with E-state index in [1.165, 1.54) is 6.33 Å². The van der Waals surface area contributed by atoms with Crippen LogP contribution in [0.25, 0.3) is 11.1 Å². The van der Waals surface area contributed by atoms with Crippen LogP contribution in [0.5, 0.6) is 0 Å². The lowest BCUT2D eigenvalue weighted by Gasteiger charge is -2.13. The van der Waals surface area contributed by atoms with Crippen LogP contribution < -0.4 is 10.6 Å². The number of rotatable bonds is 6. The third kappa shape index (κ3) is 2.76. The van der Waals surface area contributed by atoms with Crippen molar-refractivity contribution in [2.24, 2.45) is 0 Å². The van der Waals surface area contributed by atoms with Gasteiger partial charge in [-0.1, -0.05) is 0 Å². The van der Waals surface area contributed by atoms with Gasteiger partial charge in [-0.25, -0.2) is 9.97 Å². The predicted octanol–water partition coefficient (Wildman–Crippen LogP) is 1.61. The van der Waals surface area contributed by atoms with Crippen LogP contribution in [0, 0.1) is 6.92 Å². The maximum Gasteiger partial charge on any atom is 0.255 e. The highest BCUT2D eigenvalue weighted by atomic mass is 16.3. The summed E-state index contributed by atoms with van der Waals surface area (Å²) in [6, 6.07) is 0. The number of aliphatic hydroxyl groups is 1. The van der Waals surface area contributed by atoms with Crippen LogP contribution in [0.15, 0.2) is 10.7 Å². The first-order valence-electron chi connectivity index (χ1n) is 7.45. The van der Waals surface area contributed by atoms with E-state index in [-0.39, 0.29) is 18.1 Å². The van der Waals surface area contributed by atoms with Gasteiger partial charge in [-0.05, 0) is 33.1 Å². The second-order valence-electron chi connectivity index (χ2n) is 5.95. The fourth-order valence-corrected chi connectivity index (χ4v) is 2.38. The number of amides is 1. The summed E-state index contributed by atoms with van der Waals surface area (Å²) in [4.78, 5) is 20.8. The lowest BCUT2D eigenvalue weighted by molar-refractivity contribution is 0.0951. The normalized spacial score (nSPS) is 15.8. The highest BCUT2D eigenvalue weighted by Crippen LogP contribution is 2.40. The molecule has 3 N–H and O–H groups in total. The third-order valence-corrected chi connectivity index (χ3v) is 3.93. The van der Waals surface area contributed by atoms with Crippen LogP contribution in [0.1, 0.15) is 42.3 Å². The number of aromatic nitrogens is 2. The quantitative estimate of drug-likeness (QED) is 0.701. The molecule has 1 amide bonds. The largest absolute Gasteiger partial charge is 0.442 e. The van der Waals surface area contributed by atoms with E-state index in [2.05, 4.69) is 27.5 Å². The van der Waals surface area contributed by atoms with Crippen LogP contribution in [0.2, 0.25) is 0 Å². The molecule has 1 aliphatic rings. The zero-order valence-corrected chi connectivity index (χ0v) is 12.8. The third-order valence-electron chi connectivity index (χ3n) is 3.93. The van der Waals surface area contributed by atoms with E-state index in [0.29, 0.717) is 41.2 Å². The number of carbonyl (C=O) groups is 1.